The monoisotopic (exact) mass is 362 g/mol. The number of nitrogens with zero attached hydrogens (tertiary/aromatic N) is 3. The summed E-state index contributed by atoms with van der Waals surface area (Å²) in [6.07, 6.45) is 5.39. The Bertz CT molecular complexity index is 885. The van der Waals surface area contributed by atoms with E-state index in [1.807, 2.05) is 59.3 Å². The van der Waals surface area contributed by atoms with E-state index in [9.17, 15) is 4.79 Å². The van der Waals surface area contributed by atoms with Gasteiger partial charge < -0.3 is 19.5 Å². The zero-order chi connectivity index (χ0) is 18.5. The summed E-state index contributed by atoms with van der Waals surface area (Å²) in [5.41, 5.74) is 3.83. The zero-order valence-corrected chi connectivity index (χ0v) is 15.0. The molecule has 1 aliphatic rings. The molecular formula is C21H22N4O2. The predicted molar refractivity (Wildman–Crippen MR) is 104 cm³/mol. The Morgan fingerprint density at radius 1 is 1.07 bits per heavy atom. The number of aromatic nitrogens is 2. The Labute approximate surface area is 158 Å². The summed E-state index contributed by atoms with van der Waals surface area (Å²) < 4.78 is 7.33. The van der Waals surface area contributed by atoms with E-state index in [0.29, 0.717) is 12.1 Å². The Balaban J connectivity index is 1.41. The summed E-state index contributed by atoms with van der Waals surface area (Å²) in [5, 5.41) is 3.01. The molecule has 0 bridgehead atoms. The molecule has 0 radical (unpaired) electrons. The lowest BCUT2D eigenvalue weighted by Crippen LogP contribution is -2.36. The first-order valence-corrected chi connectivity index (χ1v) is 9.08. The van der Waals surface area contributed by atoms with Gasteiger partial charge >= 0.3 is 0 Å². The topological polar surface area (TPSA) is 59.4 Å². The smallest absolute Gasteiger partial charge is 0.251 e. The van der Waals surface area contributed by atoms with Crippen LogP contribution in [0.4, 0.5) is 5.69 Å². The van der Waals surface area contributed by atoms with E-state index in [2.05, 4.69) is 15.2 Å². The fraction of sp³-hybridized carbons (Fsp3) is 0.238. The molecule has 138 valence electrons. The molecule has 6 heteroatoms. The second-order valence-electron chi connectivity index (χ2n) is 6.43. The molecule has 4 rings (SSSR count). The highest BCUT2D eigenvalue weighted by Gasteiger charge is 2.12. The predicted octanol–water partition coefficient (Wildman–Crippen LogP) is 2.64. The quantitative estimate of drug-likeness (QED) is 0.758. The van der Waals surface area contributed by atoms with Gasteiger partial charge in [0.1, 0.15) is 0 Å². The highest BCUT2D eigenvalue weighted by molar-refractivity contribution is 5.94. The third-order valence-corrected chi connectivity index (χ3v) is 4.72. The average Bonchev–Trinajstić information content (AvgIpc) is 3.28. The fourth-order valence-corrected chi connectivity index (χ4v) is 3.24. The number of nitrogens with one attached hydrogen (secondary N) is 1. The number of carbonyl (C=O) groups is 1. The normalized spacial score (nSPS) is 14.1. The summed E-state index contributed by atoms with van der Waals surface area (Å²) in [6, 6.07) is 15.7. The van der Waals surface area contributed by atoms with Crippen LogP contribution in [0, 0.1) is 0 Å². The van der Waals surface area contributed by atoms with Gasteiger partial charge in [-0.1, -0.05) is 18.2 Å². The number of morpholine rings is 1. The molecule has 0 saturated carbocycles. The van der Waals surface area contributed by atoms with Crippen molar-refractivity contribution in [1.29, 1.82) is 0 Å². The van der Waals surface area contributed by atoms with Crippen LogP contribution in [0.25, 0.3) is 5.69 Å². The fourth-order valence-electron chi connectivity index (χ4n) is 3.24. The Hall–Kier alpha value is -3.12. The molecule has 0 atom stereocenters. The number of carbonyl (C=O) groups excluding carboxylic acids is 1. The summed E-state index contributed by atoms with van der Waals surface area (Å²) in [7, 11) is 0. The maximum Gasteiger partial charge on any atom is 0.251 e. The van der Waals surface area contributed by atoms with Crippen molar-refractivity contribution in [1.82, 2.24) is 14.9 Å². The van der Waals surface area contributed by atoms with Crippen LogP contribution in [0.3, 0.4) is 0 Å². The van der Waals surface area contributed by atoms with Gasteiger partial charge in [0.15, 0.2) is 0 Å². The minimum Gasteiger partial charge on any atom is -0.378 e. The van der Waals surface area contributed by atoms with Crippen LogP contribution in [0.5, 0.6) is 0 Å². The minimum absolute atomic E-state index is 0.0797. The van der Waals surface area contributed by atoms with Gasteiger partial charge in [0.25, 0.3) is 5.91 Å². The number of para-hydroxylation sites is 1. The van der Waals surface area contributed by atoms with Crippen molar-refractivity contribution < 1.29 is 9.53 Å². The van der Waals surface area contributed by atoms with Gasteiger partial charge in [0.2, 0.25) is 0 Å². The number of benzene rings is 2. The third kappa shape index (κ3) is 4.01. The van der Waals surface area contributed by atoms with Gasteiger partial charge in [-0.2, -0.15) is 0 Å². The largest absolute Gasteiger partial charge is 0.378 e. The molecule has 6 nitrogen and oxygen atoms in total. The lowest BCUT2D eigenvalue weighted by molar-refractivity contribution is 0.0951. The number of imidazole rings is 1. The van der Waals surface area contributed by atoms with Crippen LogP contribution in [0.2, 0.25) is 0 Å². The van der Waals surface area contributed by atoms with Gasteiger partial charge in [-0.15, -0.1) is 0 Å². The molecule has 2 heterocycles. The molecule has 2 aromatic carbocycles. The van der Waals surface area contributed by atoms with Crippen LogP contribution in [-0.4, -0.2) is 41.8 Å². The highest BCUT2D eigenvalue weighted by Crippen LogP contribution is 2.17. The van der Waals surface area contributed by atoms with Crippen LogP contribution in [0.15, 0.2) is 67.3 Å². The molecule has 27 heavy (non-hydrogen) atoms. The molecule has 0 spiro atoms. The van der Waals surface area contributed by atoms with Gasteiger partial charge in [0, 0.05) is 43.3 Å². The average molecular weight is 362 g/mol. The van der Waals surface area contributed by atoms with Gasteiger partial charge in [-0.05, 0) is 35.9 Å². The molecular weight excluding hydrogens is 340 g/mol. The number of anilines is 1. The van der Waals surface area contributed by atoms with Crippen molar-refractivity contribution in [3.63, 3.8) is 0 Å². The second-order valence-corrected chi connectivity index (χ2v) is 6.43. The van der Waals surface area contributed by atoms with Crippen LogP contribution < -0.4 is 10.2 Å². The number of ether oxygens (including phenoxy) is 1. The Kier molecular flexibility index (Phi) is 5.16. The van der Waals surface area contributed by atoms with Crippen molar-refractivity contribution in [3.05, 3.63) is 78.4 Å². The summed E-state index contributed by atoms with van der Waals surface area (Å²) in [4.78, 5) is 18.9. The van der Waals surface area contributed by atoms with Crippen molar-refractivity contribution in [2.45, 2.75) is 6.54 Å². The molecule has 1 amide bonds. The van der Waals surface area contributed by atoms with E-state index >= 15 is 0 Å². The van der Waals surface area contributed by atoms with Crippen LogP contribution in [-0.2, 0) is 11.3 Å². The number of amides is 1. The lowest BCUT2D eigenvalue weighted by atomic mass is 10.1. The first-order valence-electron chi connectivity index (χ1n) is 9.08. The zero-order valence-electron chi connectivity index (χ0n) is 15.0. The third-order valence-electron chi connectivity index (χ3n) is 4.72. The van der Waals surface area contributed by atoms with Crippen LogP contribution in [0.1, 0.15) is 15.9 Å². The summed E-state index contributed by atoms with van der Waals surface area (Å²) in [5.74, 6) is -0.0797. The Morgan fingerprint density at radius 3 is 2.59 bits per heavy atom. The van der Waals surface area contributed by atoms with E-state index in [1.54, 1.807) is 12.5 Å². The molecule has 1 saturated heterocycles. The molecule has 1 aliphatic heterocycles. The molecule has 1 fully saturated rings. The van der Waals surface area contributed by atoms with Crippen molar-refractivity contribution in [3.8, 4) is 5.69 Å². The standard InChI is InChI=1S/C21H22N4O2/c26-21(17-5-7-19(8-6-17)24-11-13-27-14-12-24)23-15-18-3-1-2-4-20(18)25-10-9-22-16-25/h1-10,16H,11-15H2,(H,23,26). The number of hydrogen-bond acceptors (Lipinski definition) is 4. The molecule has 0 aliphatic carbocycles. The maximum atomic E-state index is 12.5. The van der Waals surface area contributed by atoms with Crippen molar-refractivity contribution in [2.75, 3.05) is 31.2 Å². The number of rotatable bonds is 5. The second kappa shape index (κ2) is 8.05. The SMILES string of the molecule is O=C(NCc1ccccc1-n1ccnc1)c1ccc(N2CCOCC2)cc1. The molecule has 1 aromatic heterocycles. The molecule has 0 unspecified atom stereocenters. The summed E-state index contributed by atoms with van der Waals surface area (Å²) in [6.45, 7) is 3.72. The lowest BCUT2D eigenvalue weighted by Gasteiger charge is -2.28. The first kappa shape index (κ1) is 17.3. The van der Waals surface area contributed by atoms with Gasteiger partial charge in [0.05, 0.1) is 25.2 Å². The summed E-state index contributed by atoms with van der Waals surface area (Å²) >= 11 is 0. The number of hydrogen-bond donors (Lipinski definition) is 1. The van der Waals surface area contributed by atoms with Gasteiger partial charge in [-0.3, -0.25) is 4.79 Å². The Morgan fingerprint density at radius 2 is 1.85 bits per heavy atom. The van der Waals surface area contributed by atoms with Crippen LogP contribution >= 0.6 is 0 Å². The maximum absolute atomic E-state index is 12.5. The van der Waals surface area contributed by atoms with Crippen molar-refractivity contribution in [2.24, 2.45) is 0 Å². The highest BCUT2D eigenvalue weighted by atomic mass is 16.5. The van der Waals surface area contributed by atoms with E-state index in [0.717, 1.165) is 43.2 Å². The van der Waals surface area contributed by atoms with Crippen molar-refractivity contribution >= 4 is 11.6 Å². The van der Waals surface area contributed by atoms with E-state index in [1.165, 1.54) is 0 Å². The van der Waals surface area contributed by atoms with E-state index < -0.39 is 0 Å². The van der Waals surface area contributed by atoms with E-state index in [-0.39, 0.29) is 5.91 Å². The molecule has 1 N–H and O–H groups in total. The van der Waals surface area contributed by atoms with E-state index in [4.69, 9.17) is 4.74 Å². The minimum atomic E-state index is -0.0797. The van der Waals surface area contributed by atoms with Gasteiger partial charge in [-0.25, -0.2) is 4.98 Å². The molecule has 3 aromatic rings. The first-order chi connectivity index (χ1) is 13.3.